The van der Waals surface area contributed by atoms with Gasteiger partial charge in [-0.1, -0.05) is 30.7 Å². The number of rotatable bonds is 5. The minimum Gasteiger partial charge on any atom is -1.00 e. The zero-order chi connectivity index (χ0) is 14.9. The van der Waals surface area contributed by atoms with E-state index < -0.39 is 8.32 Å². The zero-order valence-electron chi connectivity index (χ0n) is 14.4. The molecule has 0 saturated heterocycles. The Morgan fingerprint density at radius 3 is 2.50 bits per heavy atom. The van der Waals surface area contributed by atoms with Crippen LogP contribution in [0.5, 0.6) is 0 Å². The van der Waals surface area contributed by atoms with Gasteiger partial charge in [-0.3, -0.25) is 0 Å². The quantitative estimate of drug-likeness (QED) is 0.412. The number of allylic oxidation sites excluding steroid dienone is 5. The first-order valence-corrected chi connectivity index (χ1v) is 11.2. The molecule has 1 aromatic rings. The van der Waals surface area contributed by atoms with Crippen molar-refractivity contribution in [2.75, 3.05) is 6.61 Å². The monoisotopic (exact) mass is 455 g/mol. The van der Waals surface area contributed by atoms with Crippen LogP contribution in [0, 0.1) is 6.08 Å². The molecule has 1 atom stereocenters. The molecular formula is C19H23Cl2OSiZr. The van der Waals surface area contributed by atoms with Crippen molar-refractivity contribution in [1.82, 2.24) is 0 Å². The Kier molecular flexibility index (Phi) is 10.3. The minimum absolute atomic E-state index is 0. The van der Waals surface area contributed by atoms with Gasteiger partial charge in [0.2, 0.25) is 0 Å². The van der Waals surface area contributed by atoms with E-state index in [1.807, 2.05) is 0 Å². The van der Waals surface area contributed by atoms with Crippen molar-refractivity contribution in [2.45, 2.75) is 38.4 Å². The molecule has 24 heavy (non-hydrogen) atoms. The Labute approximate surface area is 178 Å². The number of hydrogen-bond acceptors (Lipinski definition) is 1. The summed E-state index contributed by atoms with van der Waals surface area (Å²) in [5.74, 6) is 0.461. The number of fused-ring (bicyclic) bond motifs is 1. The predicted molar refractivity (Wildman–Crippen MR) is 91.6 cm³/mol. The Hall–Kier alpha value is 0.0800. The topological polar surface area (TPSA) is 9.23 Å². The fraction of sp³-hybridized carbons (Fsp3) is 0.368. The van der Waals surface area contributed by atoms with Crippen molar-refractivity contribution >= 4 is 14.4 Å². The van der Waals surface area contributed by atoms with Crippen molar-refractivity contribution in [3.05, 3.63) is 64.8 Å². The van der Waals surface area contributed by atoms with Crippen molar-refractivity contribution in [3.63, 3.8) is 0 Å². The van der Waals surface area contributed by atoms with Gasteiger partial charge in [0, 0.05) is 6.61 Å². The molecule has 0 aromatic heterocycles. The maximum Gasteiger partial charge on any atom is 3.00 e. The summed E-state index contributed by atoms with van der Waals surface area (Å²) in [7, 11) is -1.43. The Morgan fingerprint density at radius 1 is 1.17 bits per heavy atom. The molecule has 0 aliphatic heterocycles. The normalized spacial score (nSPS) is 17.9. The molecule has 1 nitrogen and oxygen atoms in total. The number of benzene rings is 1. The van der Waals surface area contributed by atoms with Crippen molar-refractivity contribution in [2.24, 2.45) is 0 Å². The molecule has 1 radical (unpaired) electrons. The third kappa shape index (κ3) is 5.81. The summed E-state index contributed by atoms with van der Waals surface area (Å²) in [6, 6.07) is 8.74. The summed E-state index contributed by atoms with van der Waals surface area (Å²) < 4.78 is 6.08. The van der Waals surface area contributed by atoms with Gasteiger partial charge >= 0.3 is 26.2 Å². The van der Waals surface area contributed by atoms with Crippen molar-refractivity contribution < 1.29 is 55.4 Å². The van der Waals surface area contributed by atoms with Gasteiger partial charge in [0.1, 0.15) is 0 Å². The van der Waals surface area contributed by atoms with Gasteiger partial charge in [-0.15, -0.1) is 17.7 Å². The summed E-state index contributed by atoms with van der Waals surface area (Å²) in [5, 5.41) is 0. The van der Waals surface area contributed by atoms with E-state index in [2.05, 4.69) is 68.2 Å². The van der Waals surface area contributed by atoms with Gasteiger partial charge in [-0.25, -0.2) is 0 Å². The molecule has 5 heteroatoms. The number of halogens is 2. The second-order valence-electron chi connectivity index (χ2n) is 6.73. The fourth-order valence-corrected chi connectivity index (χ4v) is 3.79. The van der Waals surface area contributed by atoms with Crippen LogP contribution in [-0.4, -0.2) is 14.9 Å². The van der Waals surface area contributed by atoms with Gasteiger partial charge in [-0.05, 0) is 43.1 Å². The van der Waals surface area contributed by atoms with Crippen LogP contribution >= 0.6 is 0 Å². The van der Waals surface area contributed by atoms with E-state index in [9.17, 15) is 0 Å². The minimum atomic E-state index is -1.43. The van der Waals surface area contributed by atoms with Gasteiger partial charge in [0.25, 0.3) is 0 Å². The number of hydrogen-bond donors (Lipinski definition) is 0. The Balaban J connectivity index is 0.00000176. The Bertz CT molecular complexity index is 632. The van der Waals surface area contributed by atoms with Crippen LogP contribution in [-0.2, 0) is 30.6 Å². The van der Waals surface area contributed by atoms with E-state index in [0.717, 1.165) is 19.4 Å². The van der Waals surface area contributed by atoms with Crippen LogP contribution in [0.15, 0.2) is 47.6 Å². The smallest absolute Gasteiger partial charge is 1.00 e. The first-order chi connectivity index (χ1) is 10.0. The first-order valence-electron chi connectivity index (χ1n) is 7.77. The van der Waals surface area contributed by atoms with E-state index in [0.29, 0.717) is 5.92 Å². The predicted octanol–water partition coefficient (Wildman–Crippen LogP) is -0.896. The standard InChI is InChI=1S/C19H23OSi.2ClH.Zr/c1-21(2,3)20-13-12-18-17-11-7-6-10-16(17)14-19(18)15-8-4-5-9-15;;;/h4,6-8,10-11,14,18H,5,12-13H2,1-3H3;2*1H;/q-1;;;+3/p-2. The molecule has 127 valence electrons. The zero-order valence-corrected chi connectivity index (χ0v) is 19.4. The molecule has 0 bridgehead atoms. The molecule has 1 unspecified atom stereocenters. The SMILES string of the molecule is C[Si](C)(C)OCCC1C(C2=[C-]CC=C2)=Cc2ccccc21.[Cl-].[Cl-].[Zr+3]. The molecule has 1 aromatic carbocycles. The van der Waals surface area contributed by atoms with Crippen LogP contribution in [0.1, 0.15) is 29.9 Å². The van der Waals surface area contributed by atoms with Crippen LogP contribution in [0.25, 0.3) is 6.08 Å². The maximum absolute atomic E-state index is 6.08. The summed E-state index contributed by atoms with van der Waals surface area (Å²) in [6.07, 6.45) is 12.2. The molecule has 2 aliphatic rings. The van der Waals surface area contributed by atoms with E-state index in [1.165, 1.54) is 22.3 Å². The Morgan fingerprint density at radius 2 is 1.88 bits per heavy atom. The third-order valence-electron chi connectivity index (χ3n) is 4.01. The summed E-state index contributed by atoms with van der Waals surface area (Å²) >= 11 is 0. The average molecular weight is 458 g/mol. The molecular weight excluding hydrogens is 434 g/mol. The van der Waals surface area contributed by atoms with Crippen LogP contribution in [0.2, 0.25) is 19.6 Å². The molecule has 2 aliphatic carbocycles. The third-order valence-corrected chi connectivity index (χ3v) is 5.08. The first kappa shape index (κ1) is 24.1. The maximum atomic E-state index is 6.08. The van der Waals surface area contributed by atoms with Crippen molar-refractivity contribution in [1.29, 1.82) is 0 Å². The second kappa shape index (κ2) is 10.3. The van der Waals surface area contributed by atoms with Gasteiger partial charge in [-0.2, -0.15) is 17.7 Å². The van der Waals surface area contributed by atoms with E-state index >= 15 is 0 Å². The fourth-order valence-electron chi connectivity index (χ4n) is 3.06. The van der Waals surface area contributed by atoms with E-state index in [1.54, 1.807) is 0 Å². The molecule has 3 rings (SSSR count). The van der Waals surface area contributed by atoms with Gasteiger partial charge < -0.3 is 29.2 Å². The molecule has 0 saturated carbocycles. The van der Waals surface area contributed by atoms with Gasteiger partial charge in [0.15, 0.2) is 8.32 Å². The average Bonchev–Trinajstić information content (AvgIpc) is 3.04. The summed E-state index contributed by atoms with van der Waals surface area (Å²) in [6.45, 7) is 7.61. The van der Waals surface area contributed by atoms with Gasteiger partial charge in [0.05, 0.1) is 0 Å². The molecule has 0 amide bonds. The van der Waals surface area contributed by atoms with Crippen LogP contribution in [0.3, 0.4) is 0 Å². The molecule has 0 spiro atoms. The van der Waals surface area contributed by atoms with E-state index in [4.69, 9.17) is 4.43 Å². The van der Waals surface area contributed by atoms with Crippen LogP contribution in [0.4, 0.5) is 0 Å². The largest absolute Gasteiger partial charge is 3.00 e. The van der Waals surface area contributed by atoms with Crippen LogP contribution < -0.4 is 24.8 Å². The summed E-state index contributed by atoms with van der Waals surface area (Å²) in [5.41, 5.74) is 5.51. The summed E-state index contributed by atoms with van der Waals surface area (Å²) in [4.78, 5) is 0. The van der Waals surface area contributed by atoms with E-state index in [-0.39, 0.29) is 51.0 Å². The van der Waals surface area contributed by atoms with Crippen molar-refractivity contribution in [3.8, 4) is 0 Å². The second-order valence-corrected chi connectivity index (χ2v) is 11.2. The molecule has 0 heterocycles. The molecule has 0 fully saturated rings. The molecule has 0 N–H and O–H groups in total.